The SMILES string of the molecule is CC(C)N(C(=O)CN1CCN(S(=O)(=O)c2cccc(Cl)c2Cl)CC1)C(C)C. The Morgan fingerprint density at radius 2 is 1.63 bits per heavy atom. The third-order valence-electron chi connectivity index (χ3n) is 4.62. The van der Waals surface area contributed by atoms with Crippen LogP contribution in [0.15, 0.2) is 23.1 Å². The molecule has 1 amide bonds. The molecule has 0 aromatic heterocycles. The molecular weight excluding hydrogens is 409 g/mol. The molecule has 2 rings (SSSR count). The van der Waals surface area contributed by atoms with E-state index in [2.05, 4.69) is 0 Å². The molecule has 1 heterocycles. The summed E-state index contributed by atoms with van der Waals surface area (Å²) in [5, 5.41) is 0.255. The standard InChI is InChI=1S/C18H27Cl2N3O3S/c1-13(2)23(14(3)4)17(24)12-21-8-10-22(11-9-21)27(25,26)16-7-5-6-15(19)18(16)20/h5-7,13-14H,8-12H2,1-4H3. The van der Waals surface area contributed by atoms with E-state index in [0.29, 0.717) is 32.7 Å². The van der Waals surface area contributed by atoms with Crippen molar-refractivity contribution in [1.82, 2.24) is 14.1 Å². The van der Waals surface area contributed by atoms with Gasteiger partial charge in [0, 0.05) is 38.3 Å². The van der Waals surface area contributed by atoms with Gasteiger partial charge in [-0.25, -0.2) is 8.42 Å². The lowest BCUT2D eigenvalue weighted by Crippen LogP contribution is -2.53. The number of hydrogen-bond acceptors (Lipinski definition) is 4. The van der Waals surface area contributed by atoms with Gasteiger partial charge in [0.1, 0.15) is 4.90 Å². The van der Waals surface area contributed by atoms with Gasteiger partial charge >= 0.3 is 0 Å². The summed E-state index contributed by atoms with van der Waals surface area (Å²) in [4.78, 5) is 16.5. The van der Waals surface area contributed by atoms with Crippen LogP contribution in [0.1, 0.15) is 27.7 Å². The van der Waals surface area contributed by atoms with Crippen molar-refractivity contribution in [2.24, 2.45) is 0 Å². The molecule has 1 aliphatic heterocycles. The van der Waals surface area contributed by atoms with Crippen molar-refractivity contribution in [2.45, 2.75) is 44.7 Å². The van der Waals surface area contributed by atoms with E-state index in [4.69, 9.17) is 23.2 Å². The summed E-state index contributed by atoms with van der Waals surface area (Å²) in [5.41, 5.74) is 0. The van der Waals surface area contributed by atoms with E-state index in [1.165, 1.54) is 10.4 Å². The van der Waals surface area contributed by atoms with Crippen LogP contribution in [0.3, 0.4) is 0 Å². The highest BCUT2D eigenvalue weighted by atomic mass is 35.5. The van der Waals surface area contributed by atoms with E-state index >= 15 is 0 Å². The zero-order valence-electron chi connectivity index (χ0n) is 16.2. The topological polar surface area (TPSA) is 60.9 Å². The van der Waals surface area contributed by atoms with E-state index < -0.39 is 10.0 Å². The first-order valence-electron chi connectivity index (χ1n) is 9.03. The number of carbonyl (C=O) groups is 1. The molecule has 1 fully saturated rings. The Morgan fingerprint density at radius 1 is 1.07 bits per heavy atom. The number of halogens is 2. The summed E-state index contributed by atoms with van der Waals surface area (Å²) in [5.74, 6) is 0.0641. The highest BCUT2D eigenvalue weighted by Crippen LogP contribution is 2.31. The predicted octanol–water partition coefficient (Wildman–Crippen LogP) is 2.95. The molecule has 1 saturated heterocycles. The van der Waals surface area contributed by atoms with Gasteiger partial charge in [-0.15, -0.1) is 0 Å². The zero-order valence-corrected chi connectivity index (χ0v) is 18.5. The van der Waals surface area contributed by atoms with Crippen molar-refractivity contribution in [3.8, 4) is 0 Å². The molecule has 0 N–H and O–H groups in total. The van der Waals surface area contributed by atoms with Gasteiger partial charge in [0.15, 0.2) is 0 Å². The predicted molar refractivity (Wildman–Crippen MR) is 109 cm³/mol. The number of rotatable bonds is 6. The Kier molecular flexibility index (Phi) is 7.55. The summed E-state index contributed by atoms with van der Waals surface area (Å²) in [6.45, 7) is 9.88. The maximum absolute atomic E-state index is 12.9. The number of amides is 1. The molecule has 0 saturated carbocycles. The Morgan fingerprint density at radius 3 is 2.15 bits per heavy atom. The quantitative estimate of drug-likeness (QED) is 0.688. The first kappa shape index (κ1) is 22.4. The Labute approximate surface area is 172 Å². The van der Waals surface area contributed by atoms with E-state index in [-0.39, 0.29) is 32.9 Å². The number of piperazine rings is 1. The van der Waals surface area contributed by atoms with Gasteiger partial charge in [-0.3, -0.25) is 9.69 Å². The Bertz CT molecular complexity index is 768. The normalized spacial score (nSPS) is 16.9. The molecule has 0 aliphatic carbocycles. The van der Waals surface area contributed by atoms with Gasteiger partial charge in [0.2, 0.25) is 15.9 Å². The first-order valence-corrected chi connectivity index (χ1v) is 11.2. The maximum Gasteiger partial charge on any atom is 0.244 e. The Hall–Kier alpha value is -0.860. The average molecular weight is 436 g/mol. The minimum absolute atomic E-state index is 0.0204. The Balaban J connectivity index is 2.02. The maximum atomic E-state index is 12.9. The van der Waals surface area contributed by atoms with Crippen LogP contribution in [-0.2, 0) is 14.8 Å². The minimum atomic E-state index is -3.72. The average Bonchev–Trinajstić information content (AvgIpc) is 2.57. The lowest BCUT2D eigenvalue weighted by molar-refractivity contribution is -0.136. The summed E-state index contributed by atoms with van der Waals surface area (Å²) in [7, 11) is -3.72. The molecule has 0 spiro atoms. The molecule has 152 valence electrons. The van der Waals surface area contributed by atoms with Crippen molar-refractivity contribution in [3.63, 3.8) is 0 Å². The van der Waals surface area contributed by atoms with Gasteiger partial charge in [0.25, 0.3) is 0 Å². The van der Waals surface area contributed by atoms with Crippen LogP contribution in [0.4, 0.5) is 0 Å². The molecular formula is C18H27Cl2N3O3S. The van der Waals surface area contributed by atoms with Gasteiger partial charge in [-0.05, 0) is 39.8 Å². The monoisotopic (exact) mass is 435 g/mol. The number of benzene rings is 1. The lowest BCUT2D eigenvalue weighted by Gasteiger charge is -2.36. The number of sulfonamides is 1. The molecule has 1 aromatic carbocycles. The summed E-state index contributed by atoms with van der Waals surface area (Å²) >= 11 is 12.0. The smallest absolute Gasteiger partial charge is 0.244 e. The van der Waals surface area contributed by atoms with E-state index in [1.54, 1.807) is 12.1 Å². The van der Waals surface area contributed by atoms with Crippen LogP contribution in [0.2, 0.25) is 10.0 Å². The largest absolute Gasteiger partial charge is 0.337 e. The molecule has 6 nitrogen and oxygen atoms in total. The number of nitrogens with zero attached hydrogens (tertiary/aromatic N) is 3. The number of carbonyl (C=O) groups excluding carboxylic acids is 1. The van der Waals surface area contributed by atoms with Gasteiger partial charge in [0.05, 0.1) is 16.6 Å². The van der Waals surface area contributed by atoms with Crippen molar-refractivity contribution >= 4 is 39.1 Å². The van der Waals surface area contributed by atoms with E-state index in [1.807, 2.05) is 37.5 Å². The highest BCUT2D eigenvalue weighted by molar-refractivity contribution is 7.89. The van der Waals surface area contributed by atoms with Gasteiger partial charge in [-0.2, -0.15) is 4.31 Å². The van der Waals surface area contributed by atoms with Crippen LogP contribution in [-0.4, -0.2) is 73.2 Å². The van der Waals surface area contributed by atoms with Crippen LogP contribution in [0, 0.1) is 0 Å². The van der Waals surface area contributed by atoms with Crippen LogP contribution in [0.5, 0.6) is 0 Å². The molecule has 1 aromatic rings. The second-order valence-electron chi connectivity index (χ2n) is 7.22. The minimum Gasteiger partial charge on any atom is -0.337 e. The van der Waals surface area contributed by atoms with Gasteiger partial charge in [-0.1, -0.05) is 29.3 Å². The summed E-state index contributed by atoms with van der Waals surface area (Å²) < 4.78 is 27.1. The van der Waals surface area contributed by atoms with E-state index in [9.17, 15) is 13.2 Å². The molecule has 0 unspecified atom stereocenters. The second kappa shape index (κ2) is 9.09. The lowest BCUT2D eigenvalue weighted by atomic mass is 10.2. The van der Waals surface area contributed by atoms with Crippen molar-refractivity contribution < 1.29 is 13.2 Å². The third kappa shape index (κ3) is 5.15. The molecule has 27 heavy (non-hydrogen) atoms. The van der Waals surface area contributed by atoms with Crippen LogP contribution < -0.4 is 0 Å². The van der Waals surface area contributed by atoms with Gasteiger partial charge < -0.3 is 4.90 Å². The fourth-order valence-electron chi connectivity index (χ4n) is 3.40. The molecule has 0 atom stereocenters. The number of hydrogen-bond donors (Lipinski definition) is 0. The molecule has 9 heteroatoms. The zero-order chi connectivity index (χ0) is 20.4. The van der Waals surface area contributed by atoms with E-state index in [0.717, 1.165) is 0 Å². The van der Waals surface area contributed by atoms with Crippen LogP contribution >= 0.6 is 23.2 Å². The fourth-order valence-corrected chi connectivity index (χ4v) is 5.55. The van der Waals surface area contributed by atoms with Crippen LogP contribution in [0.25, 0.3) is 0 Å². The fraction of sp³-hybridized carbons (Fsp3) is 0.611. The molecule has 1 aliphatic rings. The molecule has 0 radical (unpaired) electrons. The summed E-state index contributed by atoms with van der Waals surface area (Å²) in [6, 6.07) is 4.85. The third-order valence-corrected chi connectivity index (χ3v) is 7.50. The second-order valence-corrected chi connectivity index (χ2v) is 9.91. The van der Waals surface area contributed by atoms with Crippen molar-refractivity contribution in [3.05, 3.63) is 28.2 Å². The first-order chi connectivity index (χ1) is 12.6. The van der Waals surface area contributed by atoms with Crippen molar-refractivity contribution in [1.29, 1.82) is 0 Å². The highest BCUT2D eigenvalue weighted by Gasteiger charge is 2.32. The molecule has 0 bridgehead atoms. The summed E-state index contributed by atoms with van der Waals surface area (Å²) in [6.07, 6.45) is 0. The van der Waals surface area contributed by atoms with Crippen molar-refractivity contribution in [2.75, 3.05) is 32.7 Å².